The van der Waals surface area contributed by atoms with Crippen molar-refractivity contribution in [2.45, 2.75) is 32.6 Å². The first-order chi connectivity index (χ1) is 13.6. The van der Waals surface area contributed by atoms with Crippen LogP contribution in [0, 0.1) is 12.8 Å². The lowest BCUT2D eigenvalue weighted by Gasteiger charge is -2.32. The molecule has 1 atom stereocenters. The average molecular weight is 391 g/mol. The maximum Gasteiger partial charge on any atom is 0.267 e. The van der Waals surface area contributed by atoms with Gasteiger partial charge in [0.1, 0.15) is 4.88 Å². The molecule has 5 rings (SSSR count). The predicted molar refractivity (Wildman–Crippen MR) is 109 cm³/mol. The summed E-state index contributed by atoms with van der Waals surface area (Å²) in [4.78, 5) is 28.6. The number of carbonyl (C=O) groups is 2. The Morgan fingerprint density at radius 1 is 1.14 bits per heavy atom. The molecule has 1 aromatic heterocycles. The van der Waals surface area contributed by atoms with Gasteiger partial charge in [-0.3, -0.25) is 9.59 Å². The number of hydrogen-bond acceptors (Lipinski definition) is 5. The number of Topliss-reactive ketones (excluding diaryl/α,β-unsaturated/α-hetero) is 1. The molecule has 0 bridgehead atoms. The van der Waals surface area contributed by atoms with Crippen LogP contribution in [0.25, 0.3) is 10.8 Å². The summed E-state index contributed by atoms with van der Waals surface area (Å²) in [5.74, 6) is -0.0463. The number of amides is 1. The van der Waals surface area contributed by atoms with E-state index in [4.69, 9.17) is 0 Å². The maximum atomic E-state index is 13.4. The fraction of sp³-hybridized carbons (Fsp3) is 0.364. The van der Waals surface area contributed by atoms with Gasteiger partial charge in [0.2, 0.25) is 0 Å². The zero-order chi connectivity index (χ0) is 19.3. The van der Waals surface area contributed by atoms with Gasteiger partial charge in [-0.25, -0.2) is 0 Å². The van der Waals surface area contributed by atoms with E-state index in [-0.39, 0.29) is 17.6 Å². The Balaban J connectivity index is 1.44. The van der Waals surface area contributed by atoms with Crippen molar-refractivity contribution < 1.29 is 9.59 Å². The largest absolute Gasteiger partial charge is 0.337 e. The molecule has 1 unspecified atom stereocenters. The average Bonchev–Trinajstić information content (AvgIpc) is 3.35. The highest BCUT2D eigenvalue weighted by molar-refractivity contribution is 7.07. The number of aryl methyl sites for hydroxylation is 3. The first-order valence-electron chi connectivity index (χ1n) is 9.79. The third-order valence-corrected chi connectivity index (χ3v) is 6.88. The zero-order valence-electron chi connectivity index (χ0n) is 15.8. The van der Waals surface area contributed by atoms with E-state index in [9.17, 15) is 9.59 Å². The van der Waals surface area contributed by atoms with Crippen LogP contribution in [0.2, 0.25) is 0 Å². The van der Waals surface area contributed by atoms with Crippen LogP contribution in [0.3, 0.4) is 0 Å². The Morgan fingerprint density at radius 2 is 1.96 bits per heavy atom. The van der Waals surface area contributed by atoms with Crippen molar-refractivity contribution in [3.63, 3.8) is 0 Å². The molecule has 0 radical (unpaired) electrons. The van der Waals surface area contributed by atoms with Gasteiger partial charge in [-0.2, -0.15) is 0 Å². The van der Waals surface area contributed by atoms with E-state index in [2.05, 4.69) is 33.9 Å². The fourth-order valence-electron chi connectivity index (χ4n) is 4.63. The summed E-state index contributed by atoms with van der Waals surface area (Å²) in [6, 6.07) is 10.4. The normalized spacial score (nSPS) is 18.6. The van der Waals surface area contributed by atoms with Crippen molar-refractivity contribution in [3.8, 4) is 0 Å². The Morgan fingerprint density at radius 3 is 2.75 bits per heavy atom. The minimum Gasteiger partial charge on any atom is -0.337 e. The minimum absolute atomic E-state index is 0.0505. The second-order valence-electron chi connectivity index (χ2n) is 7.75. The van der Waals surface area contributed by atoms with Gasteiger partial charge in [0.15, 0.2) is 5.78 Å². The minimum atomic E-state index is -0.155. The first kappa shape index (κ1) is 17.5. The number of benzene rings is 2. The van der Waals surface area contributed by atoms with Gasteiger partial charge in [0.05, 0.1) is 5.69 Å². The van der Waals surface area contributed by atoms with Crippen LogP contribution in [0.15, 0.2) is 30.3 Å². The lowest BCUT2D eigenvalue weighted by atomic mass is 9.87. The maximum absolute atomic E-state index is 13.4. The molecule has 1 fully saturated rings. The summed E-state index contributed by atoms with van der Waals surface area (Å²) in [5, 5.41) is 6.28. The highest BCUT2D eigenvalue weighted by Gasteiger charge is 2.32. The highest BCUT2D eigenvalue weighted by Crippen LogP contribution is 2.34. The second kappa shape index (κ2) is 6.78. The standard InChI is InChI=1S/C22H21N3O2S/c1-13-21(28-24-23-13)22(27)25-11-3-5-16(12-25)20(26)18-10-9-15-8-7-14-4-2-6-17(18)19(14)15/h2,4,6,9-10,16H,3,5,7-8,11-12H2,1H3. The van der Waals surface area contributed by atoms with Gasteiger partial charge in [-0.05, 0) is 66.0 Å². The molecule has 1 aliphatic heterocycles. The molecule has 2 heterocycles. The lowest BCUT2D eigenvalue weighted by Crippen LogP contribution is -2.42. The van der Waals surface area contributed by atoms with E-state index >= 15 is 0 Å². The molecule has 28 heavy (non-hydrogen) atoms. The highest BCUT2D eigenvalue weighted by atomic mass is 32.1. The van der Waals surface area contributed by atoms with Crippen LogP contribution in [-0.4, -0.2) is 39.3 Å². The van der Waals surface area contributed by atoms with Crippen molar-refractivity contribution >= 4 is 34.0 Å². The molecule has 142 valence electrons. The van der Waals surface area contributed by atoms with E-state index in [1.165, 1.54) is 16.5 Å². The number of likely N-dealkylation sites (tertiary alicyclic amines) is 1. The lowest BCUT2D eigenvalue weighted by molar-refractivity contribution is 0.0641. The fourth-order valence-corrected chi connectivity index (χ4v) is 5.25. The SMILES string of the molecule is Cc1nnsc1C(=O)N1CCCC(C(=O)c2ccc3c4c(cccc24)CC3)C1. The first-order valence-corrected chi connectivity index (χ1v) is 10.6. The molecule has 1 saturated heterocycles. The van der Waals surface area contributed by atoms with Crippen molar-refractivity contribution in [2.24, 2.45) is 5.92 Å². The quantitative estimate of drug-likeness (QED) is 0.637. The number of piperidine rings is 1. The summed E-state index contributed by atoms with van der Waals surface area (Å²) in [5.41, 5.74) is 4.15. The van der Waals surface area contributed by atoms with E-state index < -0.39 is 0 Å². The molecule has 3 aromatic rings. The van der Waals surface area contributed by atoms with Crippen molar-refractivity contribution in [3.05, 3.63) is 57.6 Å². The predicted octanol–water partition coefficient (Wildman–Crippen LogP) is 3.83. The monoisotopic (exact) mass is 391 g/mol. The molecule has 5 nitrogen and oxygen atoms in total. The number of hydrogen-bond donors (Lipinski definition) is 0. The molecule has 0 saturated carbocycles. The van der Waals surface area contributed by atoms with Gasteiger partial charge < -0.3 is 4.90 Å². The van der Waals surface area contributed by atoms with Crippen molar-refractivity contribution in [1.82, 2.24) is 14.5 Å². The van der Waals surface area contributed by atoms with Gasteiger partial charge in [0.25, 0.3) is 5.91 Å². The number of ketones is 1. The summed E-state index contributed by atoms with van der Waals surface area (Å²) in [6.45, 7) is 2.96. The summed E-state index contributed by atoms with van der Waals surface area (Å²) in [7, 11) is 0. The third kappa shape index (κ3) is 2.75. The topological polar surface area (TPSA) is 63.2 Å². The van der Waals surface area contributed by atoms with Crippen molar-refractivity contribution in [2.75, 3.05) is 13.1 Å². The summed E-state index contributed by atoms with van der Waals surface area (Å²) in [6.07, 6.45) is 3.77. The molecule has 0 N–H and O–H groups in total. The van der Waals surface area contributed by atoms with Crippen LogP contribution >= 0.6 is 11.5 Å². The van der Waals surface area contributed by atoms with Gasteiger partial charge >= 0.3 is 0 Å². The molecule has 1 amide bonds. The molecule has 2 aromatic carbocycles. The summed E-state index contributed by atoms with van der Waals surface area (Å²) >= 11 is 1.13. The van der Waals surface area contributed by atoms with Crippen LogP contribution in [-0.2, 0) is 12.8 Å². The van der Waals surface area contributed by atoms with Crippen molar-refractivity contribution in [1.29, 1.82) is 0 Å². The Labute approximate surface area is 167 Å². The van der Waals surface area contributed by atoms with Crippen LogP contribution in [0.1, 0.15) is 49.7 Å². The van der Waals surface area contributed by atoms with Gasteiger partial charge in [0, 0.05) is 24.6 Å². The van der Waals surface area contributed by atoms with Crippen LogP contribution in [0.4, 0.5) is 0 Å². The smallest absolute Gasteiger partial charge is 0.267 e. The second-order valence-corrected chi connectivity index (χ2v) is 8.51. The number of rotatable bonds is 3. The van der Waals surface area contributed by atoms with E-state index in [1.807, 2.05) is 6.07 Å². The van der Waals surface area contributed by atoms with Gasteiger partial charge in [-0.1, -0.05) is 34.8 Å². The van der Waals surface area contributed by atoms with E-state index in [1.54, 1.807) is 11.8 Å². The van der Waals surface area contributed by atoms with Gasteiger partial charge in [-0.15, -0.1) is 5.10 Å². The molecular formula is C22H21N3O2S. The molecule has 6 heteroatoms. The van der Waals surface area contributed by atoms with E-state index in [0.29, 0.717) is 23.7 Å². The summed E-state index contributed by atoms with van der Waals surface area (Å²) < 4.78 is 3.87. The number of aromatic nitrogens is 2. The third-order valence-electron chi connectivity index (χ3n) is 6.07. The Bertz CT molecular complexity index is 1090. The Kier molecular flexibility index (Phi) is 4.23. The van der Waals surface area contributed by atoms with Crippen LogP contribution in [0.5, 0.6) is 0 Å². The number of carbonyl (C=O) groups excluding carboxylic acids is 2. The Hall–Kier alpha value is -2.60. The molecule has 0 spiro atoms. The zero-order valence-corrected chi connectivity index (χ0v) is 16.6. The number of nitrogens with zero attached hydrogens (tertiary/aromatic N) is 3. The van der Waals surface area contributed by atoms with E-state index in [0.717, 1.165) is 48.2 Å². The molecule has 2 aliphatic rings. The van der Waals surface area contributed by atoms with Crippen LogP contribution < -0.4 is 0 Å². The molecule has 1 aliphatic carbocycles. The molecular weight excluding hydrogens is 370 g/mol.